The van der Waals surface area contributed by atoms with Crippen LogP contribution in [-0.4, -0.2) is 18.0 Å². The maximum Gasteiger partial charge on any atom is 0.240 e. The van der Waals surface area contributed by atoms with Gasteiger partial charge in [0, 0.05) is 0 Å². The molecule has 1 fully saturated rings. The highest BCUT2D eigenvalue weighted by Crippen LogP contribution is 2.26. The van der Waals surface area contributed by atoms with E-state index >= 15 is 0 Å². The molecule has 4 heteroatoms. The van der Waals surface area contributed by atoms with Crippen molar-refractivity contribution in [3.63, 3.8) is 0 Å². The Hall–Kier alpha value is -1.08. The molecule has 1 saturated carbocycles. The van der Waals surface area contributed by atoms with Crippen molar-refractivity contribution in [2.45, 2.75) is 31.2 Å². The second-order valence-corrected chi connectivity index (χ2v) is 3.20. The van der Waals surface area contributed by atoms with Crippen LogP contribution >= 0.6 is 0 Å². The summed E-state index contributed by atoms with van der Waals surface area (Å²) in [5.74, 6) is -0.179. The van der Waals surface area contributed by atoms with Crippen LogP contribution < -0.4 is 11.1 Å². The number of hydrogen-bond donors (Lipinski definition) is 2. The van der Waals surface area contributed by atoms with Gasteiger partial charge in [-0.25, -0.2) is 0 Å². The van der Waals surface area contributed by atoms with Gasteiger partial charge < -0.3 is 11.1 Å². The highest BCUT2D eigenvalue weighted by atomic mass is 16.2. The average Bonchev–Trinajstić information content (AvgIpc) is 2.49. The standard InChI is InChI=1S/C8H13N3O/c9-5-6-11-7(12)8(10)3-1-2-4-8/h1-4,6,10H2,(H,11,12). The smallest absolute Gasteiger partial charge is 0.240 e. The van der Waals surface area contributed by atoms with E-state index in [4.69, 9.17) is 11.0 Å². The zero-order valence-electron chi connectivity index (χ0n) is 6.97. The summed E-state index contributed by atoms with van der Waals surface area (Å²) in [5.41, 5.74) is 5.12. The molecule has 0 unspecified atom stereocenters. The van der Waals surface area contributed by atoms with Crippen LogP contribution in [0.25, 0.3) is 0 Å². The Balaban J connectivity index is 2.45. The van der Waals surface area contributed by atoms with E-state index in [-0.39, 0.29) is 12.5 Å². The number of amides is 1. The molecule has 1 amide bonds. The van der Waals surface area contributed by atoms with Crippen molar-refractivity contribution in [3.8, 4) is 6.07 Å². The van der Waals surface area contributed by atoms with E-state index in [1.165, 1.54) is 0 Å². The van der Waals surface area contributed by atoms with Crippen molar-refractivity contribution >= 4 is 5.91 Å². The van der Waals surface area contributed by atoms with Gasteiger partial charge in [0.2, 0.25) is 5.91 Å². The van der Waals surface area contributed by atoms with Crippen LogP contribution in [0.15, 0.2) is 0 Å². The SMILES string of the molecule is N#CCNC(=O)C1(N)CCCC1. The van der Waals surface area contributed by atoms with Gasteiger partial charge in [-0.05, 0) is 12.8 Å². The molecule has 12 heavy (non-hydrogen) atoms. The molecule has 0 bridgehead atoms. The largest absolute Gasteiger partial charge is 0.341 e. The van der Waals surface area contributed by atoms with Gasteiger partial charge in [0.1, 0.15) is 6.54 Å². The minimum atomic E-state index is -0.698. The summed E-state index contributed by atoms with van der Waals surface area (Å²) in [5, 5.41) is 10.7. The first-order valence-electron chi connectivity index (χ1n) is 4.13. The van der Waals surface area contributed by atoms with Gasteiger partial charge in [-0.3, -0.25) is 4.79 Å². The third kappa shape index (κ3) is 1.74. The number of nitrogens with zero attached hydrogens (tertiary/aromatic N) is 1. The van der Waals surface area contributed by atoms with E-state index in [2.05, 4.69) is 5.32 Å². The van der Waals surface area contributed by atoms with Crippen molar-refractivity contribution in [3.05, 3.63) is 0 Å². The summed E-state index contributed by atoms with van der Waals surface area (Å²) in [6, 6.07) is 1.85. The zero-order valence-corrected chi connectivity index (χ0v) is 6.97. The lowest BCUT2D eigenvalue weighted by atomic mass is 9.98. The van der Waals surface area contributed by atoms with E-state index in [0.29, 0.717) is 0 Å². The predicted octanol–water partition coefficient (Wildman–Crippen LogP) is -0.102. The molecule has 3 N–H and O–H groups in total. The molecule has 66 valence electrons. The average molecular weight is 167 g/mol. The molecule has 0 radical (unpaired) electrons. The Morgan fingerprint density at radius 1 is 1.58 bits per heavy atom. The Morgan fingerprint density at radius 3 is 2.67 bits per heavy atom. The quantitative estimate of drug-likeness (QED) is 0.563. The lowest BCUT2D eigenvalue weighted by Crippen LogP contribution is -2.51. The van der Waals surface area contributed by atoms with Crippen molar-refractivity contribution in [1.82, 2.24) is 5.32 Å². The molecule has 0 aromatic heterocycles. The second-order valence-electron chi connectivity index (χ2n) is 3.20. The molecule has 1 aliphatic rings. The van der Waals surface area contributed by atoms with Gasteiger partial charge in [-0.1, -0.05) is 12.8 Å². The molecule has 1 aliphatic carbocycles. The predicted molar refractivity (Wildman–Crippen MR) is 44.0 cm³/mol. The maximum absolute atomic E-state index is 11.3. The monoisotopic (exact) mass is 167 g/mol. The topological polar surface area (TPSA) is 78.9 Å². The third-order valence-corrected chi connectivity index (χ3v) is 2.28. The minimum absolute atomic E-state index is 0.0534. The Bertz CT molecular complexity index is 213. The van der Waals surface area contributed by atoms with E-state index in [0.717, 1.165) is 25.7 Å². The molecule has 0 spiro atoms. The maximum atomic E-state index is 11.3. The van der Waals surface area contributed by atoms with E-state index in [1.54, 1.807) is 0 Å². The first kappa shape index (κ1) is 9.01. The van der Waals surface area contributed by atoms with Gasteiger partial charge in [0.25, 0.3) is 0 Å². The Kier molecular flexibility index (Phi) is 2.66. The molecular formula is C8H13N3O. The van der Waals surface area contributed by atoms with Crippen LogP contribution in [0.5, 0.6) is 0 Å². The lowest BCUT2D eigenvalue weighted by Gasteiger charge is -2.20. The molecule has 0 aromatic carbocycles. The molecule has 0 atom stereocenters. The van der Waals surface area contributed by atoms with Gasteiger partial charge in [-0.2, -0.15) is 5.26 Å². The zero-order chi connectivity index (χ0) is 9.03. The Labute approximate surface area is 71.7 Å². The first-order valence-corrected chi connectivity index (χ1v) is 4.13. The molecular weight excluding hydrogens is 154 g/mol. The number of rotatable bonds is 2. The summed E-state index contributed by atoms with van der Waals surface area (Å²) in [6.45, 7) is 0.0534. The van der Waals surface area contributed by atoms with Crippen LogP contribution in [0, 0.1) is 11.3 Å². The van der Waals surface area contributed by atoms with Crippen LogP contribution in [0.3, 0.4) is 0 Å². The number of nitriles is 1. The van der Waals surface area contributed by atoms with Gasteiger partial charge in [0.15, 0.2) is 0 Å². The third-order valence-electron chi connectivity index (χ3n) is 2.28. The molecule has 0 heterocycles. The van der Waals surface area contributed by atoms with Crippen molar-refractivity contribution in [2.75, 3.05) is 6.54 Å². The second kappa shape index (κ2) is 3.55. The minimum Gasteiger partial charge on any atom is -0.341 e. The summed E-state index contributed by atoms with van der Waals surface area (Å²) in [4.78, 5) is 11.3. The van der Waals surface area contributed by atoms with Crippen LogP contribution in [0.2, 0.25) is 0 Å². The number of nitrogens with two attached hydrogens (primary N) is 1. The van der Waals surface area contributed by atoms with Crippen molar-refractivity contribution < 1.29 is 4.79 Å². The molecule has 0 aromatic rings. The Morgan fingerprint density at radius 2 is 2.17 bits per heavy atom. The van der Waals surface area contributed by atoms with Crippen LogP contribution in [0.1, 0.15) is 25.7 Å². The molecule has 1 rings (SSSR count). The van der Waals surface area contributed by atoms with Gasteiger partial charge >= 0.3 is 0 Å². The van der Waals surface area contributed by atoms with Gasteiger partial charge in [-0.15, -0.1) is 0 Å². The van der Waals surface area contributed by atoms with E-state index < -0.39 is 5.54 Å². The summed E-state index contributed by atoms with van der Waals surface area (Å²) < 4.78 is 0. The highest BCUT2D eigenvalue weighted by molar-refractivity contribution is 5.86. The molecule has 4 nitrogen and oxygen atoms in total. The van der Waals surface area contributed by atoms with Crippen LogP contribution in [-0.2, 0) is 4.79 Å². The molecule has 0 saturated heterocycles. The summed E-state index contributed by atoms with van der Waals surface area (Å²) in [7, 11) is 0. The fourth-order valence-corrected chi connectivity index (χ4v) is 1.53. The fraction of sp³-hybridized carbons (Fsp3) is 0.750. The lowest BCUT2D eigenvalue weighted by molar-refractivity contribution is -0.125. The van der Waals surface area contributed by atoms with Crippen molar-refractivity contribution in [1.29, 1.82) is 5.26 Å². The normalized spacial score (nSPS) is 20.0. The number of carbonyl (C=O) groups excluding carboxylic acids is 1. The fourth-order valence-electron chi connectivity index (χ4n) is 1.53. The van der Waals surface area contributed by atoms with Crippen LogP contribution in [0.4, 0.5) is 0 Å². The number of hydrogen-bond acceptors (Lipinski definition) is 3. The number of carbonyl (C=O) groups is 1. The van der Waals surface area contributed by atoms with E-state index in [9.17, 15) is 4.79 Å². The van der Waals surface area contributed by atoms with Gasteiger partial charge in [0.05, 0.1) is 11.6 Å². The highest BCUT2D eigenvalue weighted by Gasteiger charge is 2.36. The number of nitrogens with one attached hydrogen (secondary N) is 1. The first-order chi connectivity index (χ1) is 5.69. The van der Waals surface area contributed by atoms with E-state index in [1.807, 2.05) is 6.07 Å². The summed E-state index contributed by atoms with van der Waals surface area (Å²) in [6.07, 6.45) is 3.50. The van der Waals surface area contributed by atoms with Crippen molar-refractivity contribution in [2.24, 2.45) is 5.73 Å². The summed E-state index contributed by atoms with van der Waals surface area (Å²) >= 11 is 0. The molecule has 0 aliphatic heterocycles.